The quantitative estimate of drug-likeness (QED) is 0.475. The molecule has 1 unspecified atom stereocenters. The monoisotopic (exact) mass is 233 g/mol. The van der Waals surface area contributed by atoms with E-state index in [-0.39, 0.29) is 6.04 Å². The summed E-state index contributed by atoms with van der Waals surface area (Å²) < 4.78 is 5.33. The van der Waals surface area contributed by atoms with E-state index in [2.05, 4.69) is 16.5 Å². The highest BCUT2D eigenvalue weighted by Crippen LogP contribution is 2.33. The zero-order valence-corrected chi connectivity index (χ0v) is 10.1. The summed E-state index contributed by atoms with van der Waals surface area (Å²) in [6, 6.07) is 1.99. The van der Waals surface area contributed by atoms with Gasteiger partial charge < -0.3 is 4.74 Å². The summed E-state index contributed by atoms with van der Waals surface area (Å²) in [5.41, 5.74) is 5.29. The van der Waals surface area contributed by atoms with Crippen molar-refractivity contribution in [3.8, 4) is 5.75 Å². The number of allylic oxidation sites excluding steroid dienone is 1. The zero-order chi connectivity index (χ0) is 12.1. The van der Waals surface area contributed by atoms with Crippen LogP contribution in [0.2, 0.25) is 0 Å². The molecule has 0 fully saturated rings. The minimum absolute atomic E-state index is 0.0354. The van der Waals surface area contributed by atoms with E-state index in [0.717, 1.165) is 24.2 Å². The van der Waals surface area contributed by atoms with E-state index < -0.39 is 0 Å². The molecule has 1 aliphatic carbocycles. The number of nitrogens with one attached hydrogen (secondary N) is 1. The molecule has 0 amide bonds. The second-order valence-corrected chi connectivity index (χ2v) is 4.24. The number of rotatable bonds is 4. The highest BCUT2D eigenvalue weighted by molar-refractivity contribution is 5.38. The molecule has 1 aliphatic rings. The molecule has 92 valence electrons. The highest BCUT2D eigenvalue weighted by atomic mass is 16.5. The van der Waals surface area contributed by atoms with Gasteiger partial charge in [0, 0.05) is 11.8 Å². The average Bonchev–Trinajstić information content (AvgIpc) is 2.41. The molecular weight excluding hydrogens is 214 g/mol. The molecule has 1 heterocycles. The summed E-state index contributed by atoms with van der Waals surface area (Å²) in [6.07, 6.45) is 10.5. The molecule has 0 spiro atoms. The van der Waals surface area contributed by atoms with Crippen molar-refractivity contribution >= 4 is 0 Å². The average molecular weight is 233 g/mol. The van der Waals surface area contributed by atoms with Crippen molar-refractivity contribution in [3.63, 3.8) is 0 Å². The van der Waals surface area contributed by atoms with Crippen LogP contribution in [0.5, 0.6) is 5.75 Å². The minimum atomic E-state index is 0.0354. The Hall–Kier alpha value is -1.39. The molecule has 0 aromatic carbocycles. The van der Waals surface area contributed by atoms with Crippen molar-refractivity contribution in [1.82, 2.24) is 10.4 Å². The molecule has 0 radical (unpaired) electrons. The Morgan fingerprint density at radius 2 is 2.35 bits per heavy atom. The Labute approximate surface area is 102 Å². The first-order valence-electron chi connectivity index (χ1n) is 5.99. The number of pyridine rings is 1. The van der Waals surface area contributed by atoms with Gasteiger partial charge in [0.25, 0.3) is 0 Å². The van der Waals surface area contributed by atoms with Gasteiger partial charge in [-0.2, -0.15) is 0 Å². The van der Waals surface area contributed by atoms with Gasteiger partial charge in [0.1, 0.15) is 5.75 Å². The summed E-state index contributed by atoms with van der Waals surface area (Å²) in [4.78, 5) is 4.06. The first kappa shape index (κ1) is 12.1. The van der Waals surface area contributed by atoms with Crippen LogP contribution in [0.15, 0.2) is 30.1 Å². The maximum absolute atomic E-state index is 5.69. The van der Waals surface area contributed by atoms with Crippen LogP contribution in [0, 0.1) is 0 Å². The smallest absolute Gasteiger partial charge is 0.142 e. The number of nitrogens with zero attached hydrogens (tertiary/aromatic N) is 1. The predicted molar refractivity (Wildman–Crippen MR) is 67.4 cm³/mol. The summed E-state index contributed by atoms with van der Waals surface area (Å²) in [5.74, 6) is 6.47. The van der Waals surface area contributed by atoms with Crippen molar-refractivity contribution in [2.24, 2.45) is 5.84 Å². The fourth-order valence-corrected chi connectivity index (χ4v) is 2.32. The normalized spacial score (nSPS) is 17.4. The predicted octanol–water partition coefficient (Wildman–Crippen LogP) is 2.09. The Balaban J connectivity index is 2.31. The topological polar surface area (TPSA) is 60.2 Å². The first-order valence-corrected chi connectivity index (χ1v) is 5.99. The van der Waals surface area contributed by atoms with Gasteiger partial charge in [0.2, 0.25) is 0 Å². The van der Waals surface area contributed by atoms with Crippen molar-refractivity contribution in [2.75, 3.05) is 7.11 Å². The van der Waals surface area contributed by atoms with Crippen LogP contribution in [0.4, 0.5) is 0 Å². The molecule has 0 aliphatic heterocycles. The molecule has 1 atom stereocenters. The van der Waals surface area contributed by atoms with Gasteiger partial charge in [-0.1, -0.05) is 11.6 Å². The van der Waals surface area contributed by atoms with E-state index in [1.165, 1.54) is 18.4 Å². The lowest BCUT2D eigenvalue weighted by molar-refractivity contribution is 0.400. The van der Waals surface area contributed by atoms with Crippen LogP contribution in [-0.2, 0) is 0 Å². The molecule has 0 bridgehead atoms. The molecule has 0 saturated carbocycles. The van der Waals surface area contributed by atoms with E-state index in [9.17, 15) is 0 Å². The number of hydrogen-bond donors (Lipinski definition) is 2. The first-order chi connectivity index (χ1) is 8.36. The van der Waals surface area contributed by atoms with E-state index in [0.29, 0.717) is 0 Å². The van der Waals surface area contributed by atoms with E-state index in [1.807, 2.05) is 6.07 Å². The Morgan fingerprint density at radius 3 is 3.00 bits per heavy atom. The molecule has 3 N–H and O–H groups in total. The van der Waals surface area contributed by atoms with Crippen molar-refractivity contribution in [3.05, 3.63) is 35.7 Å². The summed E-state index contributed by atoms with van der Waals surface area (Å²) in [6.45, 7) is 0. The van der Waals surface area contributed by atoms with E-state index in [1.54, 1.807) is 19.5 Å². The van der Waals surface area contributed by atoms with Gasteiger partial charge in [-0.05, 0) is 31.7 Å². The molecule has 2 rings (SSSR count). The molecular formula is C13H19N3O. The number of aromatic nitrogens is 1. The van der Waals surface area contributed by atoms with Crippen molar-refractivity contribution in [1.29, 1.82) is 0 Å². The lowest BCUT2D eigenvalue weighted by atomic mass is 9.90. The second kappa shape index (κ2) is 5.80. The fourth-order valence-electron chi connectivity index (χ4n) is 2.32. The lowest BCUT2D eigenvalue weighted by Gasteiger charge is -2.24. The fraction of sp³-hybridized carbons (Fsp3) is 0.462. The van der Waals surface area contributed by atoms with Crippen LogP contribution < -0.4 is 16.0 Å². The molecule has 1 aromatic rings. The summed E-state index contributed by atoms with van der Waals surface area (Å²) in [5, 5.41) is 0. The molecule has 4 heteroatoms. The Bertz CT molecular complexity index is 403. The third kappa shape index (κ3) is 2.65. The molecule has 4 nitrogen and oxygen atoms in total. The van der Waals surface area contributed by atoms with Gasteiger partial charge in [0.15, 0.2) is 0 Å². The van der Waals surface area contributed by atoms with Gasteiger partial charge in [0.05, 0.1) is 19.3 Å². The largest absolute Gasteiger partial charge is 0.495 e. The SMILES string of the molecule is COc1cnccc1C(NN)C1=CCCCC1. The Morgan fingerprint density at radius 1 is 1.47 bits per heavy atom. The van der Waals surface area contributed by atoms with E-state index >= 15 is 0 Å². The second-order valence-electron chi connectivity index (χ2n) is 4.24. The number of hydrazine groups is 1. The van der Waals surface area contributed by atoms with Gasteiger partial charge in [-0.15, -0.1) is 0 Å². The third-order valence-electron chi connectivity index (χ3n) is 3.21. The van der Waals surface area contributed by atoms with Gasteiger partial charge in [-0.3, -0.25) is 10.8 Å². The van der Waals surface area contributed by atoms with Gasteiger partial charge >= 0.3 is 0 Å². The van der Waals surface area contributed by atoms with E-state index in [4.69, 9.17) is 10.6 Å². The standard InChI is InChI=1S/C13H19N3O/c1-17-12-9-15-8-7-11(12)13(16-14)10-5-3-2-4-6-10/h5,7-9,13,16H,2-4,6,14H2,1H3. The number of ether oxygens (including phenoxy) is 1. The number of nitrogens with two attached hydrogens (primary N) is 1. The van der Waals surface area contributed by atoms with Crippen LogP contribution in [0.25, 0.3) is 0 Å². The summed E-state index contributed by atoms with van der Waals surface area (Å²) >= 11 is 0. The van der Waals surface area contributed by atoms with Crippen LogP contribution in [0.1, 0.15) is 37.3 Å². The summed E-state index contributed by atoms with van der Waals surface area (Å²) in [7, 11) is 1.66. The van der Waals surface area contributed by atoms with Crippen LogP contribution in [-0.4, -0.2) is 12.1 Å². The minimum Gasteiger partial charge on any atom is -0.495 e. The maximum Gasteiger partial charge on any atom is 0.142 e. The van der Waals surface area contributed by atoms with Gasteiger partial charge in [-0.25, -0.2) is 5.43 Å². The molecule has 0 saturated heterocycles. The van der Waals surface area contributed by atoms with Crippen LogP contribution >= 0.6 is 0 Å². The third-order valence-corrected chi connectivity index (χ3v) is 3.21. The van der Waals surface area contributed by atoms with Crippen molar-refractivity contribution in [2.45, 2.75) is 31.7 Å². The Kier molecular flexibility index (Phi) is 4.12. The highest BCUT2D eigenvalue weighted by Gasteiger charge is 2.20. The number of hydrogen-bond acceptors (Lipinski definition) is 4. The maximum atomic E-state index is 5.69. The zero-order valence-electron chi connectivity index (χ0n) is 10.1. The van der Waals surface area contributed by atoms with Crippen molar-refractivity contribution < 1.29 is 4.74 Å². The lowest BCUT2D eigenvalue weighted by Crippen LogP contribution is -2.30. The molecule has 17 heavy (non-hydrogen) atoms. The molecule has 1 aromatic heterocycles. The van der Waals surface area contributed by atoms with Crippen LogP contribution in [0.3, 0.4) is 0 Å². The number of methoxy groups -OCH3 is 1.